The highest BCUT2D eigenvalue weighted by molar-refractivity contribution is 5.60. The third-order valence-electron chi connectivity index (χ3n) is 2.88. The van der Waals surface area contributed by atoms with E-state index >= 15 is 0 Å². The highest BCUT2D eigenvalue weighted by Gasteiger charge is 2.16. The zero-order chi connectivity index (χ0) is 11.5. The molecule has 0 spiro atoms. The minimum Gasteiger partial charge on any atom is -0.369 e. The van der Waals surface area contributed by atoms with Crippen LogP contribution in [0.15, 0.2) is 30.7 Å². The number of hydrogen-bond donors (Lipinski definition) is 2. The van der Waals surface area contributed by atoms with E-state index in [-0.39, 0.29) is 6.10 Å². The quantitative estimate of drug-likeness (QED) is 0.812. The molecule has 1 unspecified atom stereocenters. The topological polar surface area (TPSA) is 62.8 Å². The normalized spacial score (nSPS) is 20.4. The van der Waals surface area contributed by atoms with E-state index in [1.54, 1.807) is 6.20 Å². The first-order valence-electron chi connectivity index (χ1n) is 5.71. The van der Waals surface area contributed by atoms with E-state index in [9.17, 15) is 0 Å². The van der Waals surface area contributed by atoms with Crippen molar-refractivity contribution in [3.05, 3.63) is 36.4 Å². The fraction of sp³-hybridized carbons (Fsp3) is 0.333. The molecule has 0 bridgehead atoms. The number of rotatable bonds is 2. The second-order valence-electron chi connectivity index (χ2n) is 4.02. The van der Waals surface area contributed by atoms with Gasteiger partial charge in [0.1, 0.15) is 6.10 Å². The third-order valence-corrected chi connectivity index (χ3v) is 2.88. The van der Waals surface area contributed by atoms with Gasteiger partial charge in [-0.3, -0.25) is 10.1 Å². The van der Waals surface area contributed by atoms with Gasteiger partial charge in [-0.25, -0.2) is 0 Å². The second-order valence-corrected chi connectivity index (χ2v) is 4.02. The van der Waals surface area contributed by atoms with Crippen LogP contribution in [-0.4, -0.2) is 34.9 Å². The van der Waals surface area contributed by atoms with Crippen LogP contribution in [-0.2, 0) is 4.74 Å². The van der Waals surface area contributed by atoms with Crippen molar-refractivity contribution in [2.45, 2.75) is 6.10 Å². The molecule has 3 rings (SSSR count). The summed E-state index contributed by atoms with van der Waals surface area (Å²) in [7, 11) is 0. The Kier molecular flexibility index (Phi) is 2.85. The first-order valence-corrected chi connectivity index (χ1v) is 5.71. The van der Waals surface area contributed by atoms with Crippen LogP contribution in [0.4, 0.5) is 0 Å². The van der Waals surface area contributed by atoms with Gasteiger partial charge in [-0.15, -0.1) is 0 Å². The zero-order valence-corrected chi connectivity index (χ0v) is 9.39. The van der Waals surface area contributed by atoms with Crippen LogP contribution in [0.2, 0.25) is 0 Å². The van der Waals surface area contributed by atoms with E-state index < -0.39 is 0 Å². The van der Waals surface area contributed by atoms with Crippen LogP contribution in [0.1, 0.15) is 11.8 Å². The molecule has 0 aliphatic carbocycles. The Labute approximate surface area is 99.2 Å². The molecule has 2 aromatic rings. The van der Waals surface area contributed by atoms with Crippen LogP contribution in [0.25, 0.3) is 11.1 Å². The summed E-state index contributed by atoms with van der Waals surface area (Å²) in [6.45, 7) is 2.50. The monoisotopic (exact) mass is 230 g/mol. The molecular formula is C12H14N4O. The number of hydrogen-bond acceptors (Lipinski definition) is 4. The number of nitrogens with one attached hydrogen (secondary N) is 2. The Morgan fingerprint density at radius 3 is 2.88 bits per heavy atom. The molecule has 0 aromatic carbocycles. The fourth-order valence-corrected chi connectivity index (χ4v) is 1.93. The van der Waals surface area contributed by atoms with Gasteiger partial charge in [-0.1, -0.05) is 6.07 Å². The molecule has 1 aliphatic heterocycles. The molecule has 2 aromatic heterocycles. The lowest BCUT2D eigenvalue weighted by atomic mass is 10.1. The highest BCUT2D eigenvalue weighted by Crippen LogP contribution is 2.20. The summed E-state index contributed by atoms with van der Waals surface area (Å²) in [5, 5.41) is 10.0. The van der Waals surface area contributed by atoms with Crippen molar-refractivity contribution in [2.75, 3.05) is 19.7 Å². The van der Waals surface area contributed by atoms with E-state index in [2.05, 4.69) is 20.5 Å². The van der Waals surface area contributed by atoms with Crippen molar-refractivity contribution in [3.63, 3.8) is 0 Å². The smallest absolute Gasteiger partial charge is 0.112 e. The van der Waals surface area contributed by atoms with Gasteiger partial charge in [0.15, 0.2) is 0 Å². The summed E-state index contributed by atoms with van der Waals surface area (Å²) in [5.41, 5.74) is 3.09. The number of aromatic amines is 1. The summed E-state index contributed by atoms with van der Waals surface area (Å²) in [5.74, 6) is 0. The minimum absolute atomic E-state index is 0.0714. The molecule has 3 heterocycles. The lowest BCUT2D eigenvalue weighted by molar-refractivity contribution is 0.0250. The SMILES string of the molecule is c1cc(C2CNCCO2)ncc1-c1cn[nH]c1. The van der Waals surface area contributed by atoms with Crippen molar-refractivity contribution in [2.24, 2.45) is 0 Å². The van der Waals surface area contributed by atoms with E-state index in [1.165, 1.54) is 0 Å². The maximum Gasteiger partial charge on any atom is 0.112 e. The zero-order valence-electron chi connectivity index (χ0n) is 9.39. The number of pyridine rings is 1. The van der Waals surface area contributed by atoms with Gasteiger partial charge in [0.05, 0.1) is 18.5 Å². The second kappa shape index (κ2) is 4.65. The predicted molar refractivity (Wildman–Crippen MR) is 63.4 cm³/mol. The molecule has 0 amide bonds. The average Bonchev–Trinajstić information content (AvgIpc) is 2.94. The molecule has 5 nitrogen and oxygen atoms in total. The number of ether oxygens (including phenoxy) is 1. The van der Waals surface area contributed by atoms with Gasteiger partial charge in [-0.05, 0) is 6.07 Å². The summed E-state index contributed by atoms with van der Waals surface area (Å²) in [6.07, 6.45) is 5.57. The van der Waals surface area contributed by atoms with Gasteiger partial charge in [0.25, 0.3) is 0 Å². The van der Waals surface area contributed by atoms with Crippen LogP contribution in [0.3, 0.4) is 0 Å². The molecule has 88 valence electrons. The van der Waals surface area contributed by atoms with Crippen LogP contribution < -0.4 is 5.32 Å². The van der Waals surface area contributed by atoms with Gasteiger partial charge < -0.3 is 10.1 Å². The number of nitrogens with zero attached hydrogens (tertiary/aromatic N) is 2. The van der Waals surface area contributed by atoms with Gasteiger partial charge >= 0.3 is 0 Å². The first kappa shape index (κ1) is 10.4. The van der Waals surface area contributed by atoms with Crippen molar-refractivity contribution in [1.29, 1.82) is 0 Å². The molecule has 2 N–H and O–H groups in total. The lowest BCUT2D eigenvalue weighted by Gasteiger charge is -2.23. The molecule has 1 fully saturated rings. The van der Waals surface area contributed by atoms with Crippen molar-refractivity contribution in [3.8, 4) is 11.1 Å². The minimum atomic E-state index is 0.0714. The van der Waals surface area contributed by atoms with Crippen LogP contribution in [0.5, 0.6) is 0 Å². The van der Waals surface area contributed by atoms with Crippen LogP contribution in [0, 0.1) is 0 Å². The lowest BCUT2D eigenvalue weighted by Crippen LogP contribution is -2.33. The molecule has 0 saturated carbocycles. The number of H-pyrrole nitrogens is 1. The molecule has 1 atom stereocenters. The molecule has 17 heavy (non-hydrogen) atoms. The highest BCUT2D eigenvalue weighted by atomic mass is 16.5. The predicted octanol–water partition coefficient (Wildman–Crippen LogP) is 1.13. The largest absolute Gasteiger partial charge is 0.369 e. The Morgan fingerprint density at radius 2 is 2.24 bits per heavy atom. The number of aromatic nitrogens is 3. The van der Waals surface area contributed by atoms with E-state index in [0.29, 0.717) is 0 Å². The van der Waals surface area contributed by atoms with Crippen molar-refractivity contribution in [1.82, 2.24) is 20.5 Å². The van der Waals surface area contributed by atoms with Crippen molar-refractivity contribution >= 4 is 0 Å². The maximum atomic E-state index is 5.65. The molecule has 1 aliphatic rings. The Morgan fingerprint density at radius 1 is 1.24 bits per heavy atom. The Hall–Kier alpha value is -1.72. The Balaban J connectivity index is 1.80. The molecule has 5 heteroatoms. The third kappa shape index (κ3) is 2.20. The molecule has 1 saturated heterocycles. The summed E-state index contributed by atoms with van der Waals surface area (Å²) >= 11 is 0. The summed E-state index contributed by atoms with van der Waals surface area (Å²) in [6, 6.07) is 4.06. The number of morpholine rings is 1. The maximum absolute atomic E-state index is 5.65. The van der Waals surface area contributed by atoms with E-state index in [1.807, 2.05) is 24.5 Å². The van der Waals surface area contributed by atoms with E-state index in [0.717, 1.165) is 36.5 Å². The fourth-order valence-electron chi connectivity index (χ4n) is 1.93. The average molecular weight is 230 g/mol. The Bertz CT molecular complexity index is 460. The van der Waals surface area contributed by atoms with Gasteiger partial charge in [-0.2, -0.15) is 5.10 Å². The summed E-state index contributed by atoms with van der Waals surface area (Å²) in [4.78, 5) is 4.45. The standard InChI is InChI=1S/C12H14N4O/c1-2-11(12-8-13-3-4-17-12)14-5-9(1)10-6-15-16-7-10/h1-2,5-7,12-13H,3-4,8H2,(H,15,16). The van der Waals surface area contributed by atoms with Crippen molar-refractivity contribution < 1.29 is 4.74 Å². The van der Waals surface area contributed by atoms with E-state index in [4.69, 9.17) is 4.74 Å². The molecule has 0 radical (unpaired) electrons. The van der Waals surface area contributed by atoms with Gasteiger partial charge in [0, 0.05) is 36.6 Å². The van der Waals surface area contributed by atoms with Gasteiger partial charge in [0.2, 0.25) is 0 Å². The molecular weight excluding hydrogens is 216 g/mol. The first-order chi connectivity index (χ1) is 8.43. The summed E-state index contributed by atoms with van der Waals surface area (Å²) < 4.78 is 5.65. The van der Waals surface area contributed by atoms with Crippen LogP contribution >= 0.6 is 0 Å².